The Labute approximate surface area is 391 Å². The van der Waals surface area contributed by atoms with Crippen molar-refractivity contribution in [3.8, 4) is 0 Å². The number of hydrogen-bond acceptors (Lipinski definition) is 5. The third-order valence-corrected chi connectivity index (χ3v) is 19.2. The van der Waals surface area contributed by atoms with Gasteiger partial charge < -0.3 is 23.7 Å². The van der Waals surface area contributed by atoms with Crippen molar-refractivity contribution < 1.29 is 4.12 Å². The molecule has 0 aliphatic heterocycles. The Kier molecular flexibility index (Phi) is 25.3. The largest absolute Gasteiger partial charge is 0.446 e. The first-order chi connectivity index (χ1) is 31.0. The van der Waals surface area contributed by atoms with E-state index in [1.807, 2.05) is 0 Å². The van der Waals surface area contributed by atoms with Crippen LogP contribution in [0.3, 0.4) is 0 Å². The van der Waals surface area contributed by atoms with Crippen LogP contribution in [0.25, 0.3) is 0 Å². The smallest absolute Gasteiger partial charge is 0.232 e. The van der Waals surface area contributed by atoms with Crippen LogP contribution < -0.4 is 40.3 Å². The zero-order chi connectivity index (χ0) is 45.1. The van der Waals surface area contributed by atoms with Gasteiger partial charge in [-0.15, -0.1) is 0 Å². The van der Waals surface area contributed by atoms with Crippen LogP contribution in [-0.4, -0.2) is 70.4 Å². The minimum absolute atomic E-state index is 1.08. The number of rotatable bonds is 34. The number of hydrogen-bond donors (Lipinski definition) is 0. The molecule has 0 aliphatic rings. The average Bonchev–Trinajstić information content (AvgIpc) is 3.32. The Hall–Kier alpha value is -3.53. The van der Waals surface area contributed by atoms with E-state index in [1.54, 1.807) is 0 Å². The fourth-order valence-electron chi connectivity index (χ4n) is 8.96. The van der Waals surface area contributed by atoms with Crippen molar-refractivity contribution in [2.75, 3.05) is 72.0 Å². The summed E-state index contributed by atoms with van der Waals surface area (Å²) in [6, 6.07) is 38.0. The molecule has 0 spiro atoms. The summed E-state index contributed by atoms with van der Waals surface area (Å²) in [6.45, 7) is 27.3. The minimum atomic E-state index is -2.43. The van der Waals surface area contributed by atoms with Crippen LogP contribution in [0.2, 0.25) is 0 Å². The molecule has 0 unspecified atom stereocenters. The highest BCUT2D eigenvalue weighted by Gasteiger charge is 2.35. The Balaban J connectivity index is 2.12. The van der Waals surface area contributed by atoms with E-state index in [0.717, 1.165) is 52.4 Å². The van der Waals surface area contributed by atoms with E-state index in [9.17, 15) is 0 Å². The minimum Gasteiger partial charge on any atom is -0.446 e. The second-order valence-electron chi connectivity index (χ2n) is 17.9. The normalized spacial score (nSPS) is 11.5. The summed E-state index contributed by atoms with van der Waals surface area (Å²) in [5.74, 6) is 0. The topological polar surface area (TPSA) is 22.2 Å². The molecule has 0 N–H and O–H groups in total. The molecule has 0 radical (unpaired) electrons. The molecule has 63 heavy (non-hydrogen) atoms. The first kappa shape index (κ1) is 52.1. The lowest BCUT2D eigenvalue weighted by molar-refractivity contribution is 0.629. The number of anilines is 4. The molecule has 0 bridgehead atoms. The van der Waals surface area contributed by atoms with E-state index in [1.165, 1.54) is 146 Å². The van der Waals surface area contributed by atoms with Crippen molar-refractivity contribution in [1.29, 1.82) is 0 Å². The summed E-state index contributed by atoms with van der Waals surface area (Å²) in [5.41, 5.74) is 5.59. The number of benzene rings is 4. The quantitative estimate of drug-likeness (QED) is 0.0435. The molecule has 7 heteroatoms. The second kappa shape index (κ2) is 30.6. The molecule has 0 aliphatic carbocycles. The summed E-state index contributed by atoms with van der Waals surface area (Å²) >= 11 is 0. The predicted molar refractivity (Wildman–Crippen MR) is 288 cm³/mol. The van der Waals surface area contributed by atoms with Gasteiger partial charge in [0.2, 0.25) is 18.1 Å². The molecular weight excluding hydrogens is 801 g/mol. The van der Waals surface area contributed by atoms with Crippen LogP contribution in [-0.2, 0) is 4.12 Å². The maximum Gasteiger partial charge on any atom is 0.232 e. The fourth-order valence-corrected chi connectivity index (χ4v) is 16.4. The maximum absolute atomic E-state index is 8.57. The molecule has 4 aromatic carbocycles. The van der Waals surface area contributed by atoms with Gasteiger partial charge in [0.05, 0.1) is 0 Å². The molecular formula is C56H90N4OSi2. The summed E-state index contributed by atoms with van der Waals surface area (Å²) in [4.78, 5) is 10.9. The molecule has 0 saturated heterocycles. The number of nitrogens with zero attached hydrogens (tertiary/aromatic N) is 4. The molecule has 0 aromatic heterocycles. The third kappa shape index (κ3) is 15.8. The van der Waals surface area contributed by atoms with Crippen LogP contribution in [0, 0.1) is 0 Å². The predicted octanol–water partition coefficient (Wildman–Crippen LogP) is 11.7. The zero-order valence-corrected chi connectivity index (χ0v) is 43.9. The monoisotopic (exact) mass is 891 g/mol. The van der Waals surface area contributed by atoms with Crippen LogP contribution in [0.1, 0.15) is 158 Å². The van der Waals surface area contributed by atoms with E-state index in [4.69, 9.17) is 4.12 Å². The van der Waals surface area contributed by atoms with E-state index >= 15 is 0 Å². The van der Waals surface area contributed by atoms with Crippen molar-refractivity contribution in [1.82, 2.24) is 0 Å². The second-order valence-corrected chi connectivity index (χ2v) is 23.0. The van der Waals surface area contributed by atoms with Gasteiger partial charge in [-0.25, -0.2) is 0 Å². The maximum atomic E-state index is 8.57. The molecule has 0 amide bonds. The van der Waals surface area contributed by atoms with Crippen molar-refractivity contribution in [3.05, 3.63) is 97.1 Å². The fraction of sp³-hybridized carbons (Fsp3) is 0.571. The molecule has 4 rings (SSSR count). The Morgan fingerprint density at radius 3 is 0.635 bits per heavy atom. The van der Waals surface area contributed by atoms with Crippen LogP contribution in [0.4, 0.5) is 22.7 Å². The summed E-state index contributed by atoms with van der Waals surface area (Å²) in [5, 5.41) is 5.77. The van der Waals surface area contributed by atoms with E-state index < -0.39 is 18.1 Å². The van der Waals surface area contributed by atoms with Gasteiger partial charge in [0, 0.05) is 75.1 Å². The molecule has 348 valence electrons. The summed E-state index contributed by atoms with van der Waals surface area (Å²) in [6.07, 6.45) is 19.1. The molecule has 0 fully saturated rings. The van der Waals surface area contributed by atoms with Gasteiger partial charge >= 0.3 is 0 Å². The van der Waals surface area contributed by atoms with Gasteiger partial charge in [-0.2, -0.15) is 0 Å². The van der Waals surface area contributed by atoms with Crippen LogP contribution in [0.5, 0.6) is 0 Å². The Bertz CT molecular complexity index is 1510. The Morgan fingerprint density at radius 2 is 0.460 bits per heavy atom. The standard InChI is InChI=1S/C56H90N4OSi2/c1-9-17-41-57(42-18-10-2)49-33-25-29-37-53(49)62(54-38-30-26-34-50(54)58(43-19-11-3)44-20-12-4)61-63(55-39-31-27-35-51(55)59(45-21-13-5)46-22-14-6)56-40-32-28-36-52(56)60(47-23-15-7)48-24-16-8/h25-40,62-63H,9-24,41-48H2,1-8H3. The van der Waals surface area contributed by atoms with Gasteiger partial charge in [-0.3, -0.25) is 0 Å². The first-order valence-electron chi connectivity index (χ1n) is 26.0. The summed E-state index contributed by atoms with van der Waals surface area (Å²) < 4.78 is 8.57. The lowest BCUT2D eigenvalue weighted by Crippen LogP contribution is -2.59. The molecule has 5 nitrogen and oxygen atoms in total. The van der Waals surface area contributed by atoms with Crippen LogP contribution in [0.15, 0.2) is 97.1 Å². The lowest BCUT2D eigenvalue weighted by atomic mass is 10.2. The Morgan fingerprint density at radius 1 is 0.286 bits per heavy atom. The molecule has 0 atom stereocenters. The molecule has 0 heterocycles. The number of para-hydroxylation sites is 4. The molecule has 0 saturated carbocycles. The number of unbranched alkanes of at least 4 members (excludes halogenated alkanes) is 8. The highest BCUT2D eigenvalue weighted by Crippen LogP contribution is 2.24. The van der Waals surface area contributed by atoms with Gasteiger partial charge in [-0.05, 0) is 96.4 Å². The van der Waals surface area contributed by atoms with E-state index in [2.05, 4.69) is 172 Å². The van der Waals surface area contributed by atoms with E-state index in [0.29, 0.717) is 0 Å². The van der Waals surface area contributed by atoms with Gasteiger partial charge in [-0.1, -0.05) is 180 Å². The van der Waals surface area contributed by atoms with Crippen molar-refractivity contribution >= 4 is 61.6 Å². The van der Waals surface area contributed by atoms with Crippen molar-refractivity contribution in [3.63, 3.8) is 0 Å². The van der Waals surface area contributed by atoms with Crippen LogP contribution >= 0.6 is 0 Å². The highest BCUT2D eigenvalue weighted by atomic mass is 28.4. The highest BCUT2D eigenvalue weighted by molar-refractivity contribution is 6.93. The first-order valence-corrected chi connectivity index (χ1v) is 29.3. The van der Waals surface area contributed by atoms with Gasteiger partial charge in [0.25, 0.3) is 0 Å². The lowest BCUT2D eigenvalue weighted by Gasteiger charge is -2.36. The van der Waals surface area contributed by atoms with Gasteiger partial charge in [0.15, 0.2) is 0 Å². The average molecular weight is 892 g/mol. The summed E-state index contributed by atoms with van der Waals surface area (Å²) in [7, 11) is -4.85. The molecule has 4 aromatic rings. The zero-order valence-electron chi connectivity index (χ0n) is 41.6. The van der Waals surface area contributed by atoms with Crippen molar-refractivity contribution in [2.45, 2.75) is 158 Å². The third-order valence-electron chi connectivity index (χ3n) is 12.8. The SMILES string of the molecule is CCCCN(CCCC)c1ccccc1[SiH](O[SiH](c1ccccc1N(CCCC)CCCC)c1ccccc1N(CCCC)CCCC)c1ccccc1N(CCCC)CCCC. The van der Waals surface area contributed by atoms with E-state index in [-0.39, 0.29) is 0 Å². The van der Waals surface area contributed by atoms with Crippen molar-refractivity contribution in [2.24, 2.45) is 0 Å². The van der Waals surface area contributed by atoms with Gasteiger partial charge in [0.1, 0.15) is 0 Å².